The number of carbonyl (C=O) groups excluding carboxylic acids is 1. The van der Waals surface area contributed by atoms with Crippen LogP contribution in [-0.2, 0) is 6.18 Å². The van der Waals surface area contributed by atoms with E-state index >= 15 is 0 Å². The summed E-state index contributed by atoms with van der Waals surface area (Å²) in [5.74, 6) is 0.373. The van der Waals surface area contributed by atoms with Crippen molar-refractivity contribution in [1.29, 1.82) is 0 Å². The zero-order valence-electron chi connectivity index (χ0n) is 13.7. The molecule has 26 heavy (non-hydrogen) atoms. The van der Waals surface area contributed by atoms with E-state index in [4.69, 9.17) is 0 Å². The summed E-state index contributed by atoms with van der Waals surface area (Å²) in [7, 11) is 0. The average Bonchev–Trinajstić information content (AvgIpc) is 2.64. The van der Waals surface area contributed by atoms with Crippen molar-refractivity contribution < 1.29 is 18.0 Å². The Balaban J connectivity index is 1.98. The lowest BCUT2D eigenvalue weighted by molar-refractivity contribution is -0.137. The van der Waals surface area contributed by atoms with Crippen molar-refractivity contribution >= 4 is 29.3 Å². The molecule has 0 bridgehead atoms. The zero-order chi connectivity index (χ0) is 18.7. The van der Waals surface area contributed by atoms with Gasteiger partial charge in [-0.1, -0.05) is 36.4 Å². The van der Waals surface area contributed by atoms with Gasteiger partial charge in [0, 0.05) is 17.9 Å². The van der Waals surface area contributed by atoms with Crippen molar-refractivity contribution in [3.8, 4) is 11.1 Å². The maximum Gasteiger partial charge on any atom is 0.416 e. The second-order valence-electron chi connectivity index (χ2n) is 5.80. The van der Waals surface area contributed by atoms with Crippen LogP contribution in [0.2, 0.25) is 0 Å². The third-order valence-corrected chi connectivity index (χ3v) is 4.29. The molecule has 0 unspecified atom stereocenters. The number of hydrogen-bond donors (Lipinski definition) is 2. The van der Waals surface area contributed by atoms with Crippen LogP contribution >= 0.6 is 12.6 Å². The van der Waals surface area contributed by atoms with Gasteiger partial charge in [-0.15, -0.1) is 0 Å². The number of alkyl halides is 3. The molecule has 134 valence electrons. The van der Waals surface area contributed by atoms with E-state index in [1.165, 1.54) is 12.1 Å². The number of carbonyl (C=O) groups is 1. The van der Waals surface area contributed by atoms with Gasteiger partial charge >= 0.3 is 6.18 Å². The van der Waals surface area contributed by atoms with Gasteiger partial charge in [-0.3, -0.25) is 4.79 Å². The SMILES string of the molecule is O=C(NCCS)c1ccc2c(-c3ccc(C(F)(F)F)cc3)cccc2c1. The number of fused-ring (bicyclic) bond motifs is 1. The summed E-state index contributed by atoms with van der Waals surface area (Å²) in [4.78, 5) is 12.1. The minimum atomic E-state index is -4.35. The molecule has 0 spiro atoms. The standard InChI is InChI=1S/C20H16F3NOS/c21-20(22,23)16-7-4-13(5-8-16)17-3-1-2-14-12-15(6-9-18(14)17)19(25)24-10-11-26/h1-9,12,26H,10-11H2,(H,24,25). The number of thiol groups is 1. The summed E-state index contributed by atoms with van der Waals surface area (Å²) >= 11 is 4.06. The van der Waals surface area contributed by atoms with Crippen LogP contribution in [0.1, 0.15) is 15.9 Å². The van der Waals surface area contributed by atoms with Crippen molar-refractivity contribution in [2.75, 3.05) is 12.3 Å². The number of hydrogen-bond acceptors (Lipinski definition) is 2. The number of nitrogens with one attached hydrogen (secondary N) is 1. The molecule has 0 atom stereocenters. The van der Waals surface area contributed by atoms with E-state index in [1.54, 1.807) is 12.1 Å². The topological polar surface area (TPSA) is 29.1 Å². The van der Waals surface area contributed by atoms with Gasteiger partial charge in [-0.05, 0) is 46.2 Å². The molecule has 0 aliphatic rings. The number of rotatable bonds is 4. The van der Waals surface area contributed by atoms with E-state index in [0.717, 1.165) is 28.5 Å². The molecule has 2 nitrogen and oxygen atoms in total. The molecule has 3 rings (SSSR count). The van der Waals surface area contributed by atoms with E-state index in [0.29, 0.717) is 23.4 Å². The Morgan fingerprint density at radius 1 is 1.00 bits per heavy atom. The summed E-state index contributed by atoms with van der Waals surface area (Å²) in [6.45, 7) is 0.478. The Kier molecular flexibility index (Phi) is 5.23. The van der Waals surface area contributed by atoms with Crippen LogP contribution in [0.4, 0.5) is 13.2 Å². The summed E-state index contributed by atoms with van der Waals surface area (Å²) in [5.41, 5.74) is 1.36. The smallest absolute Gasteiger partial charge is 0.351 e. The van der Waals surface area contributed by atoms with Gasteiger partial charge in [0.15, 0.2) is 0 Å². The molecule has 6 heteroatoms. The molecule has 1 amide bonds. The molecule has 3 aromatic carbocycles. The van der Waals surface area contributed by atoms with Gasteiger partial charge in [0.2, 0.25) is 0 Å². The number of halogens is 3. The van der Waals surface area contributed by atoms with Crippen molar-refractivity contribution in [1.82, 2.24) is 5.32 Å². The Morgan fingerprint density at radius 3 is 2.38 bits per heavy atom. The van der Waals surface area contributed by atoms with Crippen LogP contribution < -0.4 is 5.32 Å². The fraction of sp³-hybridized carbons (Fsp3) is 0.150. The monoisotopic (exact) mass is 375 g/mol. The zero-order valence-corrected chi connectivity index (χ0v) is 14.6. The summed E-state index contributed by atoms with van der Waals surface area (Å²) in [6, 6.07) is 15.9. The molecule has 0 fully saturated rings. The Labute approximate surface area is 154 Å². The highest BCUT2D eigenvalue weighted by Crippen LogP contribution is 2.33. The predicted octanol–water partition coefficient (Wildman–Crippen LogP) is 5.19. The van der Waals surface area contributed by atoms with E-state index in [1.807, 2.05) is 24.3 Å². The molecule has 0 radical (unpaired) electrons. The Bertz CT molecular complexity index is 936. The first-order valence-corrected chi connectivity index (χ1v) is 8.63. The predicted molar refractivity (Wildman–Crippen MR) is 101 cm³/mol. The number of benzene rings is 3. The lowest BCUT2D eigenvalue weighted by Gasteiger charge is -2.11. The fourth-order valence-corrected chi connectivity index (χ4v) is 2.90. The second-order valence-corrected chi connectivity index (χ2v) is 6.24. The third-order valence-electron chi connectivity index (χ3n) is 4.06. The molecule has 0 saturated heterocycles. The van der Waals surface area contributed by atoms with Crippen molar-refractivity contribution in [3.63, 3.8) is 0 Å². The van der Waals surface area contributed by atoms with Crippen LogP contribution in [0.3, 0.4) is 0 Å². The van der Waals surface area contributed by atoms with E-state index < -0.39 is 11.7 Å². The molecular weight excluding hydrogens is 359 g/mol. The van der Waals surface area contributed by atoms with Crippen LogP contribution in [0.25, 0.3) is 21.9 Å². The Hall–Kier alpha value is -2.47. The minimum absolute atomic E-state index is 0.180. The van der Waals surface area contributed by atoms with Gasteiger partial charge in [0.05, 0.1) is 5.56 Å². The lowest BCUT2D eigenvalue weighted by Crippen LogP contribution is -2.25. The summed E-state index contributed by atoms with van der Waals surface area (Å²) in [6.07, 6.45) is -4.35. The molecule has 0 saturated carbocycles. The van der Waals surface area contributed by atoms with Gasteiger partial charge in [-0.25, -0.2) is 0 Å². The van der Waals surface area contributed by atoms with Crippen LogP contribution in [-0.4, -0.2) is 18.2 Å². The molecular formula is C20H16F3NOS. The average molecular weight is 375 g/mol. The molecule has 1 N–H and O–H groups in total. The lowest BCUT2D eigenvalue weighted by atomic mass is 9.96. The highest BCUT2D eigenvalue weighted by atomic mass is 32.1. The third kappa shape index (κ3) is 3.85. The largest absolute Gasteiger partial charge is 0.416 e. The number of amides is 1. The molecule has 0 aliphatic carbocycles. The summed E-state index contributed by atoms with van der Waals surface area (Å²) < 4.78 is 38.2. The fourth-order valence-electron chi connectivity index (χ4n) is 2.79. The highest BCUT2D eigenvalue weighted by Gasteiger charge is 2.30. The molecule has 0 aromatic heterocycles. The van der Waals surface area contributed by atoms with Crippen molar-refractivity contribution in [2.24, 2.45) is 0 Å². The summed E-state index contributed by atoms with van der Waals surface area (Å²) in [5, 5.41) is 4.48. The second kappa shape index (κ2) is 7.41. The van der Waals surface area contributed by atoms with Crippen molar-refractivity contribution in [3.05, 3.63) is 71.8 Å². The first-order valence-electron chi connectivity index (χ1n) is 7.99. The van der Waals surface area contributed by atoms with E-state index in [-0.39, 0.29) is 5.91 Å². The van der Waals surface area contributed by atoms with Gasteiger partial charge in [0.25, 0.3) is 5.91 Å². The van der Waals surface area contributed by atoms with Gasteiger partial charge in [0.1, 0.15) is 0 Å². The first-order chi connectivity index (χ1) is 12.4. The molecule has 3 aromatic rings. The minimum Gasteiger partial charge on any atom is -0.351 e. The Morgan fingerprint density at radius 2 is 1.73 bits per heavy atom. The molecule has 0 aliphatic heterocycles. The van der Waals surface area contributed by atoms with Crippen LogP contribution in [0.5, 0.6) is 0 Å². The van der Waals surface area contributed by atoms with Gasteiger partial charge < -0.3 is 5.32 Å². The van der Waals surface area contributed by atoms with Crippen LogP contribution in [0.15, 0.2) is 60.7 Å². The first kappa shape index (κ1) is 18.3. The maximum atomic E-state index is 12.7. The quantitative estimate of drug-likeness (QED) is 0.604. The van der Waals surface area contributed by atoms with Crippen LogP contribution in [0, 0.1) is 0 Å². The highest BCUT2D eigenvalue weighted by molar-refractivity contribution is 7.80. The van der Waals surface area contributed by atoms with E-state index in [2.05, 4.69) is 17.9 Å². The maximum absolute atomic E-state index is 12.7. The van der Waals surface area contributed by atoms with Gasteiger partial charge in [-0.2, -0.15) is 25.8 Å². The van der Waals surface area contributed by atoms with E-state index in [9.17, 15) is 18.0 Å². The normalized spacial score (nSPS) is 11.5. The van der Waals surface area contributed by atoms with Crippen molar-refractivity contribution in [2.45, 2.75) is 6.18 Å². The molecule has 0 heterocycles.